The molecule has 20 heavy (non-hydrogen) atoms. The third kappa shape index (κ3) is 2.35. The van der Waals surface area contributed by atoms with E-state index in [9.17, 15) is 4.57 Å². The van der Waals surface area contributed by atoms with Gasteiger partial charge < -0.3 is 4.57 Å². The van der Waals surface area contributed by atoms with E-state index in [-0.39, 0.29) is 5.28 Å². The lowest BCUT2D eigenvalue weighted by Crippen LogP contribution is -2.11. The monoisotopic (exact) mass is 306 g/mol. The van der Waals surface area contributed by atoms with Crippen LogP contribution in [0.15, 0.2) is 36.7 Å². The SMILES string of the molecule is CP(C)(=O)c1cccc(-n2ccc3cnc(Cl)nc32)n1. The Hall–Kier alpha value is -1.71. The number of pyridine rings is 1. The number of hydrogen-bond acceptors (Lipinski definition) is 4. The Bertz CT molecular complexity index is 839. The largest absolute Gasteiger partial charge is 0.318 e. The summed E-state index contributed by atoms with van der Waals surface area (Å²) in [6.45, 7) is 3.40. The van der Waals surface area contributed by atoms with E-state index in [1.165, 1.54) is 0 Å². The topological polar surface area (TPSA) is 60.7 Å². The molecule has 0 aromatic carbocycles. The first-order valence-corrected chi connectivity index (χ1v) is 8.96. The summed E-state index contributed by atoms with van der Waals surface area (Å²) in [7, 11) is -2.40. The third-order valence-electron chi connectivity index (χ3n) is 2.92. The molecule has 0 atom stereocenters. The fourth-order valence-corrected chi connectivity index (χ4v) is 2.85. The number of hydrogen-bond donors (Lipinski definition) is 0. The summed E-state index contributed by atoms with van der Waals surface area (Å²) in [6, 6.07) is 7.34. The molecule has 3 aromatic rings. The molecule has 0 aliphatic heterocycles. The van der Waals surface area contributed by atoms with Crippen LogP contribution in [-0.2, 0) is 4.57 Å². The summed E-state index contributed by atoms with van der Waals surface area (Å²) >= 11 is 5.84. The maximum Gasteiger partial charge on any atom is 0.224 e. The summed E-state index contributed by atoms with van der Waals surface area (Å²) in [5.41, 5.74) is 1.27. The minimum Gasteiger partial charge on any atom is -0.318 e. The predicted octanol–water partition coefficient (Wildman–Crippen LogP) is 2.72. The van der Waals surface area contributed by atoms with E-state index in [1.54, 1.807) is 25.6 Å². The highest BCUT2D eigenvalue weighted by Gasteiger charge is 2.14. The fraction of sp³-hybridized carbons (Fsp3) is 0.154. The van der Waals surface area contributed by atoms with Gasteiger partial charge in [0.1, 0.15) is 18.4 Å². The van der Waals surface area contributed by atoms with Crippen molar-refractivity contribution in [2.24, 2.45) is 0 Å². The highest BCUT2D eigenvalue weighted by molar-refractivity contribution is 7.69. The molecule has 0 bridgehead atoms. The maximum atomic E-state index is 12.1. The van der Waals surface area contributed by atoms with E-state index in [2.05, 4.69) is 15.0 Å². The van der Waals surface area contributed by atoms with Crippen LogP contribution >= 0.6 is 18.7 Å². The first-order valence-electron chi connectivity index (χ1n) is 5.98. The first-order chi connectivity index (χ1) is 9.45. The molecule has 0 aliphatic rings. The van der Waals surface area contributed by atoms with Gasteiger partial charge in [0.15, 0.2) is 5.65 Å². The Labute approximate surface area is 121 Å². The van der Waals surface area contributed by atoms with Gasteiger partial charge in [-0.2, -0.15) is 4.98 Å². The Balaban J connectivity index is 2.21. The van der Waals surface area contributed by atoms with Gasteiger partial charge in [-0.15, -0.1) is 0 Å². The minimum absolute atomic E-state index is 0.185. The molecule has 5 nitrogen and oxygen atoms in total. The van der Waals surface area contributed by atoms with Gasteiger partial charge in [-0.1, -0.05) is 6.07 Å². The molecule has 3 aromatic heterocycles. The molecule has 7 heteroatoms. The number of rotatable bonds is 2. The van der Waals surface area contributed by atoms with Gasteiger partial charge in [-0.05, 0) is 43.1 Å². The van der Waals surface area contributed by atoms with Crippen molar-refractivity contribution in [3.05, 3.63) is 41.9 Å². The Morgan fingerprint density at radius 3 is 2.75 bits per heavy atom. The quantitative estimate of drug-likeness (QED) is 0.539. The van der Waals surface area contributed by atoms with Crippen LogP contribution < -0.4 is 5.44 Å². The highest BCUT2D eigenvalue weighted by Crippen LogP contribution is 2.33. The minimum atomic E-state index is -2.40. The molecule has 0 unspecified atom stereocenters. The van der Waals surface area contributed by atoms with Gasteiger partial charge in [0.05, 0.1) is 0 Å². The number of aromatic nitrogens is 4. The van der Waals surface area contributed by atoms with Crippen molar-refractivity contribution in [2.45, 2.75) is 0 Å². The van der Waals surface area contributed by atoms with Crippen molar-refractivity contribution in [1.29, 1.82) is 0 Å². The van der Waals surface area contributed by atoms with Crippen LogP contribution in [0.2, 0.25) is 5.28 Å². The molecular formula is C13H12ClN4OP. The lowest BCUT2D eigenvalue weighted by Gasteiger charge is -2.09. The molecule has 102 valence electrons. The predicted molar refractivity (Wildman–Crippen MR) is 80.8 cm³/mol. The van der Waals surface area contributed by atoms with E-state index in [0.29, 0.717) is 16.9 Å². The Morgan fingerprint density at radius 2 is 2.00 bits per heavy atom. The van der Waals surface area contributed by atoms with Crippen LogP contribution in [0.25, 0.3) is 16.9 Å². The van der Waals surface area contributed by atoms with Gasteiger partial charge in [0, 0.05) is 17.8 Å². The summed E-state index contributed by atoms with van der Waals surface area (Å²) in [6.07, 6.45) is 3.51. The van der Waals surface area contributed by atoms with Crippen molar-refractivity contribution in [2.75, 3.05) is 13.3 Å². The highest BCUT2D eigenvalue weighted by atomic mass is 35.5. The molecule has 0 spiro atoms. The summed E-state index contributed by atoms with van der Waals surface area (Å²) < 4.78 is 13.9. The molecule has 0 radical (unpaired) electrons. The van der Waals surface area contributed by atoms with E-state index in [1.807, 2.05) is 29.0 Å². The second-order valence-electron chi connectivity index (χ2n) is 4.81. The van der Waals surface area contributed by atoms with Crippen molar-refractivity contribution < 1.29 is 4.57 Å². The van der Waals surface area contributed by atoms with Crippen molar-refractivity contribution >= 4 is 35.2 Å². The molecule has 3 rings (SSSR count). The maximum absolute atomic E-state index is 12.1. The Kier molecular flexibility index (Phi) is 3.11. The molecule has 0 saturated heterocycles. The average Bonchev–Trinajstić information content (AvgIpc) is 2.81. The first kappa shape index (κ1) is 13.3. The van der Waals surface area contributed by atoms with Crippen LogP contribution in [0.3, 0.4) is 0 Å². The smallest absolute Gasteiger partial charge is 0.224 e. The molecule has 3 heterocycles. The second kappa shape index (κ2) is 4.69. The number of nitrogens with zero attached hydrogens (tertiary/aromatic N) is 4. The van der Waals surface area contributed by atoms with E-state index in [0.717, 1.165) is 5.39 Å². The van der Waals surface area contributed by atoms with Crippen LogP contribution in [0.4, 0.5) is 0 Å². The second-order valence-corrected chi connectivity index (χ2v) is 8.31. The average molecular weight is 307 g/mol. The van der Waals surface area contributed by atoms with Gasteiger partial charge >= 0.3 is 0 Å². The summed E-state index contributed by atoms with van der Waals surface area (Å²) in [5.74, 6) is 0.663. The van der Waals surface area contributed by atoms with Crippen molar-refractivity contribution in [1.82, 2.24) is 19.5 Å². The van der Waals surface area contributed by atoms with Crippen LogP contribution in [0.1, 0.15) is 0 Å². The summed E-state index contributed by atoms with van der Waals surface area (Å²) in [4.78, 5) is 12.6. The fourth-order valence-electron chi connectivity index (χ4n) is 1.93. The van der Waals surface area contributed by atoms with Crippen LogP contribution in [-0.4, -0.2) is 32.8 Å². The van der Waals surface area contributed by atoms with E-state index in [4.69, 9.17) is 11.6 Å². The normalized spacial score (nSPS) is 11.9. The van der Waals surface area contributed by atoms with Crippen molar-refractivity contribution in [3.63, 3.8) is 0 Å². The van der Waals surface area contributed by atoms with E-state index >= 15 is 0 Å². The standard InChI is InChI=1S/C13H12ClN4OP/c1-20(2,19)11-5-3-4-10(16-11)18-7-6-9-8-15-13(14)17-12(9)18/h3-8H,1-2H3. The van der Waals surface area contributed by atoms with Gasteiger partial charge in [0.25, 0.3) is 0 Å². The number of halogens is 1. The zero-order valence-corrected chi connectivity index (χ0v) is 12.6. The zero-order valence-electron chi connectivity index (χ0n) is 11.0. The molecule has 0 N–H and O–H groups in total. The van der Waals surface area contributed by atoms with Gasteiger partial charge in [-0.25, -0.2) is 9.97 Å². The van der Waals surface area contributed by atoms with Gasteiger partial charge in [0.2, 0.25) is 5.28 Å². The summed E-state index contributed by atoms with van der Waals surface area (Å²) in [5, 5.41) is 1.06. The molecule has 0 aliphatic carbocycles. The van der Waals surface area contributed by atoms with Crippen LogP contribution in [0, 0.1) is 0 Å². The Morgan fingerprint density at radius 1 is 1.20 bits per heavy atom. The molecular weight excluding hydrogens is 295 g/mol. The number of fused-ring (bicyclic) bond motifs is 1. The molecule has 0 saturated carbocycles. The van der Waals surface area contributed by atoms with Crippen LogP contribution in [0.5, 0.6) is 0 Å². The van der Waals surface area contributed by atoms with Gasteiger partial charge in [-0.3, -0.25) is 4.57 Å². The lowest BCUT2D eigenvalue weighted by atomic mass is 10.4. The van der Waals surface area contributed by atoms with Crippen molar-refractivity contribution in [3.8, 4) is 5.82 Å². The lowest BCUT2D eigenvalue weighted by molar-refractivity contribution is 0.587. The third-order valence-corrected chi connectivity index (χ3v) is 4.45. The zero-order chi connectivity index (χ0) is 14.3. The molecule has 0 amide bonds. The van der Waals surface area contributed by atoms with E-state index < -0.39 is 7.14 Å². The molecule has 0 fully saturated rings.